The Morgan fingerprint density at radius 3 is 2.12 bits per heavy atom. The number of carbonyl (C=O) groups excluding carboxylic acids is 1. The van der Waals surface area contributed by atoms with E-state index in [-0.39, 0.29) is 22.1 Å². The van der Waals surface area contributed by atoms with Crippen LogP contribution in [0, 0.1) is 0 Å². The maximum absolute atomic E-state index is 12.3. The lowest BCUT2D eigenvalue weighted by molar-refractivity contribution is -0.128. The van der Waals surface area contributed by atoms with Crippen LogP contribution in [0.25, 0.3) is 0 Å². The number of thioether (sulfide) groups is 1. The van der Waals surface area contributed by atoms with E-state index in [1.807, 2.05) is 4.90 Å². The summed E-state index contributed by atoms with van der Waals surface area (Å²) < 4.78 is 0. The van der Waals surface area contributed by atoms with Crippen molar-refractivity contribution in [3.8, 4) is 5.75 Å². The van der Waals surface area contributed by atoms with E-state index in [0.29, 0.717) is 24.6 Å². The van der Waals surface area contributed by atoms with Gasteiger partial charge in [-0.3, -0.25) is 4.79 Å². The van der Waals surface area contributed by atoms with Crippen LogP contribution < -0.4 is 5.73 Å². The van der Waals surface area contributed by atoms with Gasteiger partial charge < -0.3 is 15.7 Å². The molecule has 1 saturated heterocycles. The van der Waals surface area contributed by atoms with E-state index in [2.05, 4.69) is 53.7 Å². The molecule has 1 atom stereocenters. The van der Waals surface area contributed by atoms with E-state index in [9.17, 15) is 9.90 Å². The van der Waals surface area contributed by atoms with Crippen molar-refractivity contribution < 1.29 is 9.90 Å². The molecule has 0 saturated carbocycles. The van der Waals surface area contributed by atoms with Gasteiger partial charge >= 0.3 is 0 Å². The molecule has 4 nitrogen and oxygen atoms in total. The summed E-state index contributed by atoms with van der Waals surface area (Å²) in [6, 6.07) is 4.16. The summed E-state index contributed by atoms with van der Waals surface area (Å²) in [5.74, 6) is 1.06. The van der Waals surface area contributed by atoms with Crippen molar-refractivity contribution >= 4 is 17.7 Å². The number of nitrogens with zero attached hydrogens (tertiary/aromatic N) is 1. The van der Waals surface area contributed by atoms with Gasteiger partial charge in [0.15, 0.2) is 0 Å². The molecular weight excluding hydrogens is 332 g/mol. The van der Waals surface area contributed by atoms with E-state index >= 15 is 0 Å². The van der Waals surface area contributed by atoms with Gasteiger partial charge in [-0.1, -0.05) is 41.5 Å². The molecule has 3 N–H and O–H groups in total. The lowest BCUT2D eigenvalue weighted by Crippen LogP contribution is -2.31. The molecule has 1 aliphatic heterocycles. The molecular formula is C20H32N2O2S. The number of hydrogen-bond acceptors (Lipinski definition) is 4. The van der Waals surface area contributed by atoms with E-state index < -0.39 is 0 Å². The Bertz CT molecular complexity index is 609. The van der Waals surface area contributed by atoms with E-state index in [0.717, 1.165) is 23.1 Å². The third-order valence-electron chi connectivity index (χ3n) is 4.60. The number of aromatic hydroxyl groups is 1. The van der Waals surface area contributed by atoms with Gasteiger partial charge in [-0.25, -0.2) is 0 Å². The summed E-state index contributed by atoms with van der Waals surface area (Å²) in [6.45, 7) is 13.9. The number of phenols is 1. The van der Waals surface area contributed by atoms with Crippen LogP contribution in [0.15, 0.2) is 12.1 Å². The molecule has 0 aromatic heterocycles. The summed E-state index contributed by atoms with van der Waals surface area (Å²) in [4.78, 5) is 14.2. The number of phenolic OH excluding ortho intramolecular Hbond substituents is 1. The van der Waals surface area contributed by atoms with Crippen LogP contribution in [0.5, 0.6) is 5.75 Å². The van der Waals surface area contributed by atoms with Crippen molar-refractivity contribution in [2.24, 2.45) is 5.73 Å². The molecule has 1 heterocycles. The van der Waals surface area contributed by atoms with Crippen molar-refractivity contribution in [2.75, 3.05) is 18.8 Å². The SMILES string of the molecule is CC(C)(C)c1cc(C2SCC(=O)N2CCCN)cc(C(C)(C)C)c1O. The van der Waals surface area contributed by atoms with Gasteiger partial charge in [-0.2, -0.15) is 0 Å². The van der Waals surface area contributed by atoms with Crippen LogP contribution in [0.1, 0.15) is 70.0 Å². The zero-order valence-corrected chi connectivity index (χ0v) is 17.2. The zero-order chi connectivity index (χ0) is 19.0. The highest BCUT2D eigenvalue weighted by atomic mass is 32.2. The molecule has 140 valence electrons. The first-order chi connectivity index (χ1) is 11.5. The third kappa shape index (κ3) is 4.32. The molecule has 1 aliphatic rings. The lowest BCUT2D eigenvalue weighted by Gasteiger charge is -2.31. The summed E-state index contributed by atoms with van der Waals surface area (Å²) in [7, 11) is 0. The van der Waals surface area contributed by atoms with Crippen LogP contribution in [-0.2, 0) is 15.6 Å². The smallest absolute Gasteiger partial charge is 0.233 e. The Morgan fingerprint density at radius 1 is 1.16 bits per heavy atom. The van der Waals surface area contributed by atoms with Crippen molar-refractivity contribution in [3.63, 3.8) is 0 Å². The van der Waals surface area contributed by atoms with Gasteiger partial charge in [0.25, 0.3) is 0 Å². The second-order valence-electron chi connectivity index (χ2n) is 8.86. The molecule has 0 aliphatic carbocycles. The second kappa shape index (κ2) is 7.20. The first-order valence-electron chi connectivity index (χ1n) is 8.96. The largest absolute Gasteiger partial charge is 0.507 e. The Morgan fingerprint density at radius 2 is 1.68 bits per heavy atom. The molecule has 0 radical (unpaired) electrons. The lowest BCUT2D eigenvalue weighted by atomic mass is 9.78. The molecule has 25 heavy (non-hydrogen) atoms. The van der Waals surface area contributed by atoms with Gasteiger partial charge in [0.2, 0.25) is 5.91 Å². The van der Waals surface area contributed by atoms with Gasteiger partial charge in [-0.15, -0.1) is 11.8 Å². The summed E-state index contributed by atoms with van der Waals surface area (Å²) >= 11 is 1.66. The average Bonchev–Trinajstić information content (AvgIpc) is 2.84. The number of hydrogen-bond donors (Lipinski definition) is 2. The standard InChI is InChI=1S/C20H32N2O2S/c1-19(2,3)14-10-13(11-15(17(14)24)20(4,5)6)18-22(9-7-8-21)16(23)12-25-18/h10-11,18,24H,7-9,12,21H2,1-6H3. The van der Waals surface area contributed by atoms with Crippen LogP contribution in [-0.4, -0.2) is 34.8 Å². The van der Waals surface area contributed by atoms with Crippen molar-refractivity contribution in [2.45, 2.75) is 64.2 Å². The number of nitrogens with two attached hydrogens (primary N) is 1. The fourth-order valence-corrected chi connectivity index (χ4v) is 4.37. The average molecular weight is 365 g/mol. The summed E-state index contributed by atoms with van der Waals surface area (Å²) in [6.07, 6.45) is 0.805. The van der Waals surface area contributed by atoms with Crippen molar-refractivity contribution in [1.29, 1.82) is 0 Å². The Labute approximate surface area is 156 Å². The van der Waals surface area contributed by atoms with Gasteiger partial charge in [-0.05, 0) is 52.6 Å². The third-order valence-corrected chi connectivity index (χ3v) is 5.86. The van der Waals surface area contributed by atoms with Gasteiger partial charge in [0, 0.05) is 6.54 Å². The van der Waals surface area contributed by atoms with Crippen LogP contribution in [0.4, 0.5) is 0 Å². The van der Waals surface area contributed by atoms with E-state index in [1.54, 1.807) is 11.8 Å². The maximum atomic E-state index is 12.3. The summed E-state index contributed by atoms with van der Waals surface area (Å²) in [5.41, 5.74) is 8.27. The molecule has 1 unspecified atom stereocenters. The predicted molar refractivity (Wildman–Crippen MR) is 106 cm³/mol. The Hall–Kier alpha value is -1.20. The molecule has 0 spiro atoms. The van der Waals surface area contributed by atoms with Gasteiger partial charge in [0.05, 0.1) is 5.75 Å². The van der Waals surface area contributed by atoms with Gasteiger partial charge in [0.1, 0.15) is 11.1 Å². The van der Waals surface area contributed by atoms with Crippen LogP contribution in [0.3, 0.4) is 0 Å². The Kier molecular flexibility index (Phi) is 5.79. The molecule has 2 rings (SSSR count). The minimum Gasteiger partial charge on any atom is -0.507 e. The van der Waals surface area contributed by atoms with Crippen molar-refractivity contribution in [1.82, 2.24) is 4.90 Å². The van der Waals surface area contributed by atoms with E-state index in [4.69, 9.17) is 5.73 Å². The predicted octanol–water partition coefficient (Wildman–Crippen LogP) is 3.91. The minimum atomic E-state index is -0.171. The van der Waals surface area contributed by atoms with Crippen LogP contribution >= 0.6 is 11.8 Å². The molecule has 1 aromatic rings. The highest BCUT2D eigenvalue weighted by molar-refractivity contribution is 8.00. The maximum Gasteiger partial charge on any atom is 0.233 e. The number of carbonyl (C=O) groups is 1. The zero-order valence-electron chi connectivity index (χ0n) is 16.3. The number of rotatable bonds is 4. The molecule has 1 aromatic carbocycles. The Balaban J connectivity index is 2.55. The quantitative estimate of drug-likeness (QED) is 0.850. The number of amides is 1. The number of benzene rings is 1. The monoisotopic (exact) mass is 364 g/mol. The molecule has 0 bridgehead atoms. The minimum absolute atomic E-state index is 0.00171. The topological polar surface area (TPSA) is 66.6 Å². The second-order valence-corrected chi connectivity index (χ2v) is 9.93. The normalized spacial score (nSPS) is 18.9. The van der Waals surface area contributed by atoms with Crippen molar-refractivity contribution in [3.05, 3.63) is 28.8 Å². The highest BCUT2D eigenvalue weighted by Crippen LogP contribution is 2.45. The highest BCUT2D eigenvalue weighted by Gasteiger charge is 2.35. The molecule has 1 amide bonds. The van der Waals surface area contributed by atoms with Crippen LogP contribution in [0.2, 0.25) is 0 Å². The summed E-state index contributed by atoms with van der Waals surface area (Å²) in [5, 5.41) is 10.9. The first-order valence-corrected chi connectivity index (χ1v) is 10.0. The molecule has 5 heteroatoms. The van der Waals surface area contributed by atoms with E-state index in [1.165, 1.54) is 0 Å². The fraction of sp³-hybridized carbons (Fsp3) is 0.650. The fourth-order valence-electron chi connectivity index (χ4n) is 3.18. The molecule has 1 fully saturated rings. The first kappa shape index (κ1) is 20.1.